The molecule has 2 aliphatic rings. The molecule has 0 aromatic heterocycles. The molecule has 2 heterocycles. The second-order valence-corrected chi connectivity index (χ2v) is 3.24. The number of esters is 1. The van der Waals surface area contributed by atoms with Gasteiger partial charge in [0.2, 0.25) is 0 Å². The number of carbonyl (C=O) groups excluding carboxylic acids is 1. The Kier molecular flexibility index (Phi) is 2.08. The first-order valence-corrected chi connectivity index (χ1v) is 4.49. The van der Waals surface area contributed by atoms with E-state index in [0.29, 0.717) is 6.42 Å². The maximum Gasteiger partial charge on any atom is 0.338 e. The molecular weight excluding hydrogens is 168 g/mol. The first kappa shape index (κ1) is 8.35. The van der Waals surface area contributed by atoms with Crippen molar-refractivity contribution in [2.75, 3.05) is 6.61 Å². The highest BCUT2D eigenvalue weighted by atomic mass is 16.6. The number of ether oxygens (including phenoxy) is 2. The number of hydrogen-bond donors (Lipinski definition) is 0. The number of hydrogen-bond acceptors (Lipinski definition) is 3. The van der Waals surface area contributed by atoms with E-state index in [0.717, 1.165) is 30.8 Å². The van der Waals surface area contributed by atoms with E-state index in [1.807, 2.05) is 0 Å². The van der Waals surface area contributed by atoms with Crippen molar-refractivity contribution in [1.82, 2.24) is 0 Å². The van der Waals surface area contributed by atoms with Crippen molar-refractivity contribution in [2.45, 2.75) is 25.4 Å². The molecule has 0 saturated heterocycles. The van der Waals surface area contributed by atoms with Crippen LogP contribution in [0.2, 0.25) is 0 Å². The van der Waals surface area contributed by atoms with Gasteiger partial charge in [0.05, 0.1) is 12.2 Å². The molecule has 3 nitrogen and oxygen atoms in total. The van der Waals surface area contributed by atoms with Gasteiger partial charge >= 0.3 is 5.97 Å². The van der Waals surface area contributed by atoms with Gasteiger partial charge in [0.1, 0.15) is 11.9 Å². The van der Waals surface area contributed by atoms with E-state index in [-0.39, 0.29) is 12.1 Å². The third-order valence-electron chi connectivity index (χ3n) is 2.34. The van der Waals surface area contributed by atoms with E-state index in [4.69, 9.17) is 9.47 Å². The molecule has 0 N–H and O–H groups in total. The van der Waals surface area contributed by atoms with Gasteiger partial charge in [0, 0.05) is 6.42 Å². The summed E-state index contributed by atoms with van der Waals surface area (Å²) >= 11 is 0. The zero-order chi connectivity index (χ0) is 9.26. The fraction of sp³-hybridized carbons (Fsp3) is 0.500. The fourth-order valence-corrected chi connectivity index (χ4v) is 1.63. The standard InChI is InChI=1S/C10H12O3/c1-2-7-6-9-8(10(11)13-7)4-3-5-12-9/h2,7H,1,3-6H2. The van der Waals surface area contributed by atoms with Crippen LogP contribution >= 0.6 is 0 Å². The highest BCUT2D eigenvalue weighted by molar-refractivity contribution is 5.90. The molecule has 0 bridgehead atoms. The first-order chi connectivity index (χ1) is 6.31. The van der Waals surface area contributed by atoms with Crippen LogP contribution in [-0.4, -0.2) is 18.7 Å². The molecule has 3 heteroatoms. The van der Waals surface area contributed by atoms with E-state index in [2.05, 4.69) is 6.58 Å². The molecule has 70 valence electrons. The van der Waals surface area contributed by atoms with Crippen molar-refractivity contribution in [3.63, 3.8) is 0 Å². The van der Waals surface area contributed by atoms with Crippen molar-refractivity contribution < 1.29 is 14.3 Å². The summed E-state index contributed by atoms with van der Waals surface area (Å²) in [6.45, 7) is 4.32. The average Bonchev–Trinajstić information content (AvgIpc) is 2.18. The van der Waals surface area contributed by atoms with Crippen LogP contribution in [0.3, 0.4) is 0 Å². The van der Waals surface area contributed by atoms with Gasteiger partial charge in [0.15, 0.2) is 0 Å². The van der Waals surface area contributed by atoms with Crippen LogP contribution < -0.4 is 0 Å². The lowest BCUT2D eigenvalue weighted by Crippen LogP contribution is -2.28. The third kappa shape index (κ3) is 1.46. The Bertz CT molecular complexity index is 278. The number of cyclic esters (lactones) is 1. The Morgan fingerprint density at radius 2 is 2.38 bits per heavy atom. The van der Waals surface area contributed by atoms with Gasteiger partial charge in [-0.3, -0.25) is 0 Å². The minimum Gasteiger partial charge on any atom is -0.497 e. The van der Waals surface area contributed by atoms with Crippen LogP contribution in [0, 0.1) is 0 Å². The lowest BCUT2D eigenvalue weighted by Gasteiger charge is -2.28. The Labute approximate surface area is 77.0 Å². The molecule has 2 aliphatic heterocycles. The quantitative estimate of drug-likeness (QED) is 0.453. The maximum absolute atomic E-state index is 11.4. The summed E-state index contributed by atoms with van der Waals surface area (Å²) in [4.78, 5) is 11.4. The van der Waals surface area contributed by atoms with Gasteiger partial charge in [-0.1, -0.05) is 12.7 Å². The molecule has 0 radical (unpaired) electrons. The minimum absolute atomic E-state index is 0.204. The van der Waals surface area contributed by atoms with E-state index >= 15 is 0 Å². The van der Waals surface area contributed by atoms with E-state index in [1.165, 1.54) is 0 Å². The molecule has 0 amide bonds. The molecule has 0 spiro atoms. The Morgan fingerprint density at radius 1 is 1.54 bits per heavy atom. The van der Waals surface area contributed by atoms with Gasteiger partial charge in [-0.2, -0.15) is 0 Å². The van der Waals surface area contributed by atoms with Gasteiger partial charge < -0.3 is 9.47 Å². The predicted octanol–water partition coefficient (Wildman–Crippen LogP) is 1.55. The molecular formula is C10H12O3. The molecule has 1 unspecified atom stereocenters. The van der Waals surface area contributed by atoms with Crippen molar-refractivity contribution in [3.8, 4) is 0 Å². The van der Waals surface area contributed by atoms with Crippen LogP contribution in [0.25, 0.3) is 0 Å². The molecule has 0 aliphatic carbocycles. The van der Waals surface area contributed by atoms with Crippen LogP contribution in [0.15, 0.2) is 24.0 Å². The Hall–Kier alpha value is -1.25. The highest BCUT2D eigenvalue weighted by Crippen LogP contribution is 2.29. The lowest BCUT2D eigenvalue weighted by molar-refractivity contribution is -0.145. The number of rotatable bonds is 1. The second-order valence-electron chi connectivity index (χ2n) is 3.24. The summed E-state index contributed by atoms with van der Waals surface area (Å²) in [6.07, 6.45) is 3.79. The van der Waals surface area contributed by atoms with Gasteiger partial charge in [-0.15, -0.1) is 0 Å². The van der Waals surface area contributed by atoms with Crippen LogP contribution in [0.4, 0.5) is 0 Å². The minimum atomic E-state index is -0.231. The van der Waals surface area contributed by atoms with Crippen LogP contribution in [0.1, 0.15) is 19.3 Å². The topological polar surface area (TPSA) is 35.5 Å². The molecule has 0 aromatic rings. The Balaban J connectivity index is 2.24. The van der Waals surface area contributed by atoms with Crippen molar-refractivity contribution in [3.05, 3.63) is 24.0 Å². The normalized spacial score (nSPS) is 27.4. The summed E-state index contributed by atoms with van der Waals surface area (Å²) in [5.74, 6) is 0.582. The predicted molar refractivity (Wildman–Crippen MR) is 46.9 cm³/mol. The van der Waals surface area contributed by atoms with Gasteiger partial charge in [0.25, 0.3) is 0 Å². The first-order valence-electron chi connectivity index (χ1n) is 4.49. The highest BCUT2D eigenvalue weighted by Gasteiger charge is 2.30. The third-order valence-corrected chi connectivity index (χ3v) is 2.34. The van der Waals surface area contributed by atoms with E-state index in [9.17, 15) is 4.79 Å². The zero-order valence-corrected chi connectivity index (χ0v) is 7.41. The van der Waals surface area contributed by atoms with Gasteiger partial charge in [-0.25, -0.2) is 4.79 Å². The SMILES string of the molecule is C=CC1CC2=C(CCCO2)C(=O)O1. The Morgan fingerprint density at radius 3 is 3.15 bits per heavy atom. The van der Waals surface area contributed by atoms with Crippen molar-refractivity contribution >= 4 is 5.97 Å². The average molecular weight is 180 g/mol. The summed E-state index contributed by atoms with van der Waals surface area (Å²) in [5, 5.41) is 0. The molecule has 0 aromatic carbocycles. The summed E-state index contributed by atoms with van der Waals surface area (Å²) in [5.41, 5.74) is 0.726. The molecule has 1 atom stereocenters. The smallest absolute Gasteiger partial charge is 0.338 e. The molecule has 0 fully saturated rings. The monoisotopic (exact) mass is 180 g/mol. The van der Waals surface area contributed by atoms with Crippen molar-refractivity contribution in [1.29, 1.82) is 0 Å². The van der Waals surface area contributed by atoms with Crippen LogP contribution in [0.5, 0.6) is 0 Å². The fourth-order valence-electron chi connectivity index (χ4n) is 1.63. The summed E-state index contributed by atoms with van der Waals surface area (Å²) < 4.78 is 10.5. The maximum atomic E-state index is 11.4. The van der Waals surface area contributed by atoms with E-state index in [1.54, 1.807) is 6.08 Å². The van der Waals surface area contributed by atoms with E-state index < -0.39 is 0 Å². The molecule has 13 heavy (non-hydrogen) atoms. The zero-order valence-electron chi connectivity index (χ0n) is 7.41. The second kappa shape index (κ2) is 3.24. The molecule has 2 rings (SSSR count). The van der Waals surface area contributed by atoms with Crippen LogP contribution in [-0.2, 0) is 14.3 Å². The largest absolute Gasteiger partial charge is 0.497 e. The lowest BCUT2D eigenvalue weighted by atomic mass is 10.0. The number of carbonyl (C=O) groups is 1. The molecule has 0 saturated carbocycles. The summed E-state index contributed by atoms with van der Waals surface area (Å²) in [6, 6.07) is 0. The van der Waals surface area contributed by atoms with Crippen molar-refractivity contribution in [2.24, 2.45) is 0 Å². The van der Waals surface area contributed by atoms with Gasteiger partial charge in [-0.05, 0) is 12.8 Å². The summed E-state index contributed by atoms with van der Waals surface area (Å²) in [7, 11) is 0.